The van der Waals surface area contributed by atoms with Crippen LogP contribution in [-0.4, -0.2) is 30.0 Å². The number of aliphatic hydroxyl groups is 1. The summed E-state index contributed by atoms with van der Waals surface area (Å²) in [6.45, 7) is 0. The number of rotatable bonds is 3. The van der Waals surface area contributed by atoms with Crippen molar-refractivity contribution in [1.82, 2.24) is 4.98 Å². The van der Waals surface area contributed by atoms with Crippen molar-refractivity contribution in [2.24, 2.45) is 5.92 Å². The summed E-state index contributed by atoms with van der Waals surface area (Å²) < 4.78 is 22.9. The number of pyridine rings is 1. The summed E-state index contributed by atoms with van der Waals surface area (Å²) in [5, 5.41) is 11.3. The fraction of sp³-hybridized carbons (Fsp3) is 0.400. The first kappa shape index (κ1) is 13.5. The Morgan fingerprint density at radius 2 is 2.20 bits per heavy atom. The SMILES string of the molecule is O=S1(=O)CCC(CC(O)c2ccc3cccnc3c2)C1. The number of sulfone groups is 1. The molecule has 0 saturated carbocycles. The molecule has 1 saturated heterocycles. The van der Waals surface area contributed by atoms with Gasteiger partial charge in [0.2, 0.25) is 0 Å². The van der Waals surface area contributed by atoms with E-state index in [9.17, 15) is 13.5 Å². The Morgan fingerprint density at radius 1 is 1.35 bits per heavy atom. The summed E-state index contributed by atoms with van der Waals surface area (Å²) >= 11 is 0. The summed E-state index contributed by atoms with van der Waals surface area (Å²) in [6, 6.07) is 9.55. The molecular weight excluding hydrogens is 274 g/mol. The number of benzene rings is 1. The van der Waals surface area contributed by atoms with Gasteiger partial charge in [-0.1, -0.05) is 18.2 Å². The predicted molar refractivity (Wildman–Crippen MR) is 78.1 cm³/mol. The zero-order chi connectivity index (χ0) is 14.2. The second-order valence-electron chi connectivity index (χ2n) is 5.48. The number of aromatic nitrogens is 1. The van der Waals surface area contributed by atoms with Crippen molar-refractivity contribution in [2.45, 2.75) is 18.9 Å². The average Bonchev–Trinajstić information content (AvgIpc) is 2.77. The lowest BCUT2D eigenvalue weighted by atomic mass is 9.96. The standard InChI is InChI=1S/C15H17NO3S/c17-15(8-11-5-7-20(18,19)10-11)13-4-3-12-2-1-6-16-14(12)9-13/h1-4,6,9,11,15,17H,5,7-8,10H2. The molecular formula is C15H17NO3S. The maximum absolute atomic E-state index is 11.4. The van der Waals surface area contributed by atoms with Gasteiger partial charge in [-0.2, -0.15) is 0 Å². The molecule has 0 spiro atoms. The highest BCUT2D eigenvalue weighted by Gasteiger charge is 2.29. The Morgan fingerprint density at radius 3 is 2.95 bits per heavy atom. The second kappa shape index (κ2) is 5.14. The van der Waals surface area contributed by atoms with Crippen LogP contribution < -0.4 is 0 Å². The minimum Gasteiger partial charge on any atom is -0.388 e. The Labute approximate surface area is 118 Å². The molecule has 3 rings (SSSR count). The van der Waals surface area contributed by atoms with Gasteiger partial charge in [-0.05, 0) is 36.5 Å². The van der Waals surface area contributed by atoms with Gasteiger partial charge in [0.25, 0.3) is 0 Å². The lowest BCUT2D eigenvalue weighted by molar-refractivity contribution is 0.149. The molecule has 0 aliphatic carbocycles. The highest BCUT2D eigenvalue weighted by atomic mass is 32.2. The van der Waals surface area contributed by atoms with Gasteiger partial charge in [-0.3, -0.25) is 4.98 Å². The molecule has 1 aromatic heterocycles. The molecule has 1 N–H and O–H groups in total. The van der Waals surface area contributed by atoms with E-state index in [1.807, 2.05) is 30.3 Å². The third-order valence-corrected chi connectivity index (χ3v) is 5.74. The smallest absolute Gasteiger partial charge is 0.150 e. The molecule has 0 amide bonds. The van der Waals surface area contributed by atoms with E-state index in [0.717, 1.165) is 16.5 Å². The van der Waals surface area contributed by atoms with E-state index in [1.54, 1.807) is 6.20 Å². The Kier molecular flexibility index (Phi) is 3.48. The van der Waals surface area contributed by atoms with Gasteiger partial charge in [-0.15, -0.1) is 0 Å². The first-order valence-corrected chi connectivity index (χ1v) is 8.59. The number of fused-ring (bicyclic) bond motifs is 1. The number of hydrogen-bond donors (Lipinski definition) is 1. The minimum atomic E-state index is -2.88. The molecule has 5 heteroatoms. The van der Waals surface area contributed by atoms with Crippen LogP contribution in [0.4, 0.5) is 0 Å². The molecule has 2 heterocycles. The van der Waals surface area contributed by atoms with Crippen LogP contribution in [0.1, 0.15) is 24.5 Å². The van der Waals surface area contributed by atoms with Crippen LogP contribution >= 0.6 is 0 Å². The highest BCUT2D eigenvalue weighted by Crippen LogP contribution is 2.29. The topological polar surface area (TPSA) is 67.3 Å². The zero-order valence-electron chi connectivity index (χ0n) is 11.1. The van der Waals surface area contributed by atoms with Crippen LogP contribution in [0.3, 0.4) is 0 Å². The second-order valence-corrected chi connectivity index (χ2v) is 7.70. The molecule has 0 bridgehead atoms. The lowest BCUT2D eigenvalue weighted by Gasteiger charge is -2.15. The summed E-state index contributed by atoms with van der Waals surface area (Å²) in [4.78, 5) is 4.27. The van der Waals surface area contributed by atoms with Crippen LogP contribution in [0.15, 0.2) is 36.5 Å². The van der Waals surface area contributed by atoms with Gasteiger partial charge in [0.15, 0.2) is 9.84 Å². The third-order valence-electron chi connectivity index (χ3n) is 3.90. The highest BCUT2D eigenvalue weighted by molar-refractivity contribution is 7.91. The van der Waals surface area contributed by atoms with Crippen LogP contribution in [-0.2, 0) is 9.84 Å². The molecule has 1 fully saturated rings. The van der Waals surface area contributed by atoms with Gasteiger partial charge >= 0.3 is 0 Å². The quantitative estimate of drug-likeness (QED) is 0.940. The first-order valence-electron chi connectivity index (χ1n) is 6.77. The molecule has 2 aromatic rings. The fourth-order valence-corrected chi connectivity index (χ4v) is 4.68. The van der Waals surface area contributed by atoms with Gasteiger partial charge < -0.3 is 5.11 Å². The van der Waals surface area contributed by atoms with Gasteiger partial charge in [0.05, 0.1) is 23.1 Å². The minimum absolute atomic E-state index is 0.0643. The van der Waals surface area contributed by atoms with Crippen LogP contribution in [0, 0.1) is 5.92 Å². The Balaban J connectivity index is 1.77. The fourth-order valence-electron chi connectivity index (χ4n) is 2.80. The van der Waals surface area contributed by atoms with E-state index in [2.05, 4.69) is 4.98 Å². The molecule has 0 radical (unpaired) electrons. The molecule has 20 heavy (non-hydrogen) atoms. The molecule has 1 aliphatic rings. The largest absolute Gasteiger partial charge is 0.388 e. The van der Waals surface area contributed by atoms with E-state index in [-0.39, 0.29) is 17.4 Å². The molecule has 106 valence electrons. The maximum Gasteiger partial charge on any atom is 0.150 e. The van der Waals surface area contributed by atoms with Crippen molar-refractivity contribution in [1.29, 1.82) is 0 Å². The summed E-state index contributed by atoms with van der Waals surface area (Å²) in [5.41, 5.74) is 1.66. The molecule has 2 atom stereocenters. The van der Waals surface area contributed by atoms with E-state index in [4.69, 9.17) is 0 Å². The monoisotopic (exact) mass is 291 g/mol. The molecule has 1 aliphatic heterocycles. The number of nitrogens with zero attached hydrogens (tertiary/aromatic N) is 1. The summed E-state index contributed by atoms with van der Waals surface area (Å²) in [6.07, 6.45) is 2.25. The Hall–Kier alpha value is -1.46. The maximum atomic E-state index is 11.4. The van der Waals surface area contributed by atoms with Gasteiger partial charge in [-0.25, -0.2) is 8.42 Å². The predicted octanol–water partition coefficient (Wildman–Crippen LogP) is 2.09. The summed E-state index contributed by atoms with van der Waals surface area (Å²) in [5.74, 6) is 0.522. The third kappa shape index (κ3) is 2.83. The lowest BCUT2D eigenvalue weighted by Crippen LogP contribution is -2.09. The first-order chi connectivity index (χ1) is 9.53. The van der Waals surface area contributed by atoms with Crippen molar-refractivity contribution in [2.75, 3.05) is 11.5 Å². The molecule has 1 aromatic carbocycles. The normalized spacial score (nSPS) is 22.9. The number of aliphatic hydroxyl groups excluding tert-OH is 1. The van der Waals surface area contributed by atoms with Gasteiger partial charge in [0.1, 0.15) is 0 Å². The summed E-state index contributed by atoms with van der Waals surface area (Å²) in [7, 11) is -2.88. The van der Waals surface area contributed by atoms with Crippen LogP contribution in [0.25, 0.3) is 10.9 Å². The van der Waals surface area contributed by atoms with Gasteiger partial charge in [0, 0.05) is 11.6 Å². The van der Waals surface area contributed by atoms with Crippen molar-refractivity contribution < 1.29 is 13.5 Å². The molecule has 4 nitrogen and oxygen atoms in total. The van der Waals surface area contributed by atoms with Crippen molar-refractivity contribution in [3.05, 3.63) is 42.1 Å². The van der Waals surface area contributed by atoms with Crippen molar-refractivity contribution >= 4 is 20.7 Å². The Bertz CT molecular complexity index is 727. The van der Waals surface area contributed by atoms with E-state index < -0.39 is 15.9 Å². The molecule has 2 unspecified atom stereocenters. The van der Waals surface area contributed by atoms with E-state index in [0.29, 0.717) is 12.8 Å². The zero-order valence-corrected chi connectivity index (χ0v) is 11.9. The number of hydrogen-bond acceptors (Lipinski definition) is 4. The van der Waals surface area contributed by atoms with Crippen molar-refractivity contribution in [3.63, 3.8) is 0 Å². The van der Waals surface area contributed by atoms with E-state index in [1.165, 1.54) is 0 Å². The van der Waals surface area contributed by atoms with Crippen LogP contribution in [0.2, 0.25) is 0 Å². The van der Waals surface area contributed by atoms with E-state index >= 15 is 0 Å². The van der Waals surface area contributed by atoms with Crippen LogP contribution in [0.5, 0.6) is 0 Å². The average molecular weight is 291 g/mol. The van der Waals surface area contributed by atoms with Crippen molar-refractivity contribution in [3.8, 4) is 0 Å².